The third kappa shape index (κ3) is 5.93. The molecule has 5 aromatic rings. The predicted octanol–water partition coefficient (Wildman–Crippen LogP) is 6.19. The minimum atomic E-state index is -1.15. The Morgan fingerprint density at radius 3 is 2.30 bits per heavy atom. The average Bonchev–Trinajstić information content (AvgIpc) is 3.42. The van der Waals surface area contributed by atoms with Gasteiger partial charge in [0.2, 0.25) is 0 Å². The van der Waals surface area contributed by atoms with Crippen molar-refractivity contribution in [3.63, 3.8) is 0 Å². The maximum Gasteiger partial charge on any atom is 0.273 e. The monoisotopic (exact) mass is 569 g/mol. The first-order chi connectivity index (χ1) is 19.5. The first-order valence-electron chi connectivity index (χ1n) is 12.3. The maximum absolute atomic E-state index is 15.5. The number of halogens is 1. The Morgan fingerprint density at radius 2 is 1.65 bits per heavy atom. The van der Waals surface area contributed by atoms with E-state index in [0.29, 0.717) is 22.1 Å². The molecule has 7 nitrogen and oxygen atoms in total. The van der Waals surface area contributed by atoms with Gasteiger partial charge in [-0.2, -0.15) is 0 Å². The molecule has 0 aliphatic rings. The second-order valence-corrected chi connectivity index (χ2v) is 11.3. The van der Waals surface area contributed by atoms with Crippen LogP contribution >= 0.6 is 23.1 Å². The summed E-state index contributed by atoms with van der Waals surface area (Å²) in [5.74, 6) is -0.794. The van der Waals surface area contributed by atoms with Crippen molar-refractivity contribution in [2.45, 2.75) is 21.4 Å². The lowest BCUT2D eigenvalue weighted by atomic mass is 9.75. The third-order valence-corrected chi connectivity index (χ3v) is 8.27. The van der Waals surface area contributed by atoms with Crippen molar-refractivity contribution in [1.29, 1.82) is 0 Å². The van der Waals surface area contributed by atoms with Crippen LogP contribution in [0.4, 0.5) is 15.3 Å². The van der Waals surface area contributed by atoms with Crippen molar-refractivity contribution in [2.75, 3.05) is 11.9 Å². The van der Waals surface area contributed by atoms with E-state index in [9.17, 15) is 9.59 Å². The van der Waals surface area contributed by atoms with E-state index in [1.807, 2.05) is 79.7 Å². The van der Waals surface area contributed by atoms with Crippen molar-refractivity contribution in [1.82, 2.24) is 20.3 Å². The molecule has 200 valence electrons. The SMILES string of the molecule is Cc1ccnc(Nc2ncc(Sc3ccnc(C(=O)NCC(C=O)(c4ccccc4)c4ccccc4)c3F)s2)c1. The first kappa shape index (κ1) is 27.2. The highest BCUT2D eigenvalue weighted by Crippen LogP contribution is 2.36. The van der Waals surface area contributed by atoms with Crippen LogP contribution in [0, 0.1) is 12.7 Å². The van der Waals surface area contributed by atoms with Crippen LogP contribution in [0.25, 0.3) is 0 Å². The average molecular weight is 570 g/mol. The number of aldehydes is 1. The molecule has 1 amide bonds. The summed E-state index contributed by atoms with van der Waals surface area (Å²) in [4.78, 5) is 38.6. The van der Waals surface area contributed by atoms with E-state index in [4.69, 9.17) is 0 Å². The molecule has 40 heavy (non-hydrogen) atoms. The molecule has 5 rings (SSSR count). The molecule has 0 aliphatic carbocycles. The van der Waals surface area contributed by atoms with E-state index in [1.54, 1.807) is 12.4 Å². The number of pyridine rings is 2. The zero-order valence-corrected chi connectivity index (χ0v) is 23.0. The Morgan fingerprint density at radius 1 is 0.975 bits per heavy atom. The topological polar surface area (TPSA) is 96.9 Å². The van der Waals surface area contributed by atoms with Gasteiger partial charge in [-0.1, -0.05) is 83.8 Å². The van der Waals surface area contributed by atoms with Crippen molar-refractivity contribution < 1.29 is 14.0 Å². The van der Waals surface area contributed by atoms with Crippen molar-refractivity contribution in [2.24, 2.45) is 0 Å². The Labute approximate surface area is 238 Å². The number of aryl methyl sites for hydroxylation is 1. The lowest BCUT2D eigenvalue weighted by Gasteiger charge is -2.29. The zero-order chi connectivity index (χ0) is 28.0. The van der Waals surface area contributed by atoms with Crippen LogP contribution in [-0.4, -0.2) is 33.7 Å². The number of carbonyl (C=O) groups excluding carboxylic acids is 2. The van der Waals surface area contributed by atoms with E-state index >= 15 is 4.39 Å². The molecular weight excluding hydrogens is 545 g/mol. The van der Waals surface area contributed by atoms with Gasteiger partial charge < -0.3 is 15.4 Å². The van der Waals surface area contributed by atoms with Crippen molar-refractivity contribution in [3.05, 3.63) is 126 Å². The molecule has 0 saturated carbocycles. The van der Waals surface area contributed by atoms with Gasteiger partial charge in [-0.3, -0.25) is 4.79 Å². The standard InChI is InChI=1S/C30H24FN5O2S2/c1-20-12-14-32-24(16-20)36-29-34-17-25(40-29)39-23-13-15-33-27(26(23)31)28(38)35-18-30(19-37,21-8-4-2-5-9-21)22-10-6-3-7-11-22/h2-17,19H,18H2,1H3,(H,35,38)(H,32,34,36). The van der Waals surface area contributed by atoms with Gasteiger partial charge in [0.25, 0.3) is 5.91 Å². The summed E-state index contributed by atoms with van der Waals surface area (Å²) >= 11 is 2.48. The second kappa shape index (κ2) is 12.2. The smallest absolute Gasteiger partial charge is 0.273 e. The summed E-state index contributed by atoms with van der Waals surface area (Å²) in [5, 5.41) is 6.50. The summed E-state index contributed by atoms with van der Waals surface area (Å²) in [6.45, 7) is 1.90. The minimum absolute atomic E-state index is 0.0707. The second-order valence-electron chi connectivity index (χ2n) is 8.91. The lowest BCUT2D eigenvalue weighted by molar-refractivity contribution is -0.111. The summed E-state index contributed by atoms with van der Waals surface area (Å²) in [5.41, 5.74) is 0.984. The van der Waals surface area contributed by atoms with Gasteiger partial charge >= 0.3 is 0 Å². The number of carbonyl (C=O) groups is 2. The van der Waals surface area contributed by atoms with Gasteiger partial charge in [0.1, 0.15) is 12.1 Å². The molecule has 0 unspecified atom stereocenters. The summed E-state index contributed by atoms with van der Waals surface area (Å²) in [7, 11) is 0. The van der Waals surface area contributed by atoms with Crippen LogP contribution in [0.2, 0.25) is 0 Å². The van der Waals surface area contributed by atoms with Crippen LogP contribution in [-0.2, 0) is 10.2 Å². The highest BCUT2D eigenvalue weighted by Gasteiger charge is 2.35. The van der Waals surface area contributed by atoms with E-state index in [2.05, 4.69) is 25.6 Å². The molecule has 0 spiro atoms. The molecule has 3 heterocycles. The van der Waals surface area contributed by atoms with E-state index in [-0.39, 0.29) is 17.1 Å². The normalized spacial score (nSPS) is 11.2. The molecule has 2 N–H and O–H groups in total. The van der Waals surface area contributed by atoms with Crippen molar-refractivity contribution >= 4 is 46.2 Å². The number of amides is 1. The number of nitrogens with one attached hydrogen (secondary N) is 2. The fraction of sp³-hybridized carbons (Fsp3) is 0.100. The molecule has 0 radical (unpaired) electrons. The van der Waals surface area contributed by atoms with E-state index in [1.165, 1.54) is 23.6 Å². The van der Waals surface area contributed by atoms with Gasteiger partial charge in [-0.15, -0.1) is 0 Å². The number of hydrogen-bond donors (Lipinski definition) is 2. The molecule has 0 fully saturated rings. The lowest BCUT2D eigenvalue weighted by Crippen LogP contribution is -2.43. The Balaban J connectivity index is 1.33. The highest BCUT2D eigenvalue weighted by molar-refractivity contribution is 8.01. The molecule has 0 bridgehead atoms. The molecule has 3 aromatic heterocycles. The molecule has 0 atom stereocenters. The van der Waals surface area contributed by atoms with E-state index in [0.717, 1.165) is 27.8 Å². The fourth-order valence-corrected chi connectivity index (χ4v) is 6.04. The highest BCUT2D eigenvalue weighted by atomic mass is 32.2. The summed E-state index contributed by atoms with van der Waals surface area (Å²) < 4.78 is 16.2. The molecular formula is C30H24FN5O2S2. The van der Waals surface area contributed by atoms with Crippen LogP contribution in [0.1, 0.15) is 27.2 Å². The zero-order valence-electron chi connectivity index (χ0n) is 21.4. The summed E-state index contributed by atoms with van der Waals surface area (Å²) in [6, 6.07) is 23.7. The van der Waals surface area contributed by atoms with Crippen LogP contribution in [0.15, 0.2) is 107 Å². The summed E-state index contributed by atoms with van der Waals surface area (Å²) in [6.07, 6.45) is 5.54. The predicted molar refractivity (Wildman–Crippen MR) is 155 cm³/mol. The van der Waals surface area contributed by atoms with E-state index < -0.39 is 17.1 Å². The molecule has 10 heteroatoms. The number of rotatable bonds is 10. The number of nitrogens with zero attached hydrogens (tertiary/aromatic N) is 3. The quantitative estimate of drug-likeness (QED) is 0.194. The Kier molecular flexibility index (Phi) is 8.28. The van der Waals surface area contributed by atoms with Crippen LogP contribution in [0.5, 0.6) is 0 Å². The van der Waals surface area contributed by atoms with Crippen LogP contribution in [0.3, 0.4) is 0 Å². The number of thiazole rings is 1. The van der Waals surface area contributed by atoms with Gasteiger partial charge in [0.15, 0.2) is 16.6 Å². The first-order valence-corrected chi connectivity index (χ1v) is 14.0. The number of hydrogen-bond acceptors (Lipinski definition) is 8. The number of benzene rings is 2. The van der Waals surface area contributed by atoms with Crippen molar-refractivity contribution in [3.8, 4) is 0 Å². The van der Waals surface area contributed by atoms with Gasteiger partial charge in [0, 0.05) is 18.9 Å². The van der Waals surface area contributed by atoms with Gasteiger partial charge in [-0.05, 0) is 41.8 Å². The number of aromatic nitrogens is 3. The number of anilines is 2. The minimum Gasteiger partial charge on any atom is -0.349 e. The molecule has 0 saturated heterocycles. The Hall–Kier alpha value is -4.41. The largest absolute Gasteiger partial charge is 0.349 e. The van der Waals surface area contributed by atoms with Gasteiger partial charge in [0.05, 0.1) is 20.7 Å². The van der Waals surface area contributed by atoms with Gasteiger partial charge in [-0.25, -0.2) is 19.3 Å². The fourth-order valence-electron chi connectivity index (χ4n) is 4.17. The third-order valence-electron chi connectivity index (χ3n) is 6.22. The molecule has 2 aromatic carbocycles. The Bertz CT molecular complexity index is 1590. The maximum atomic E-state index is 15.5. The van der Waals surface area contributed by atoms with Crippen LogP contribution < -0.4 is 10.6 Å². The molecule has 0 aliphatic heterocycles.